The highest BCUT2D eigenvalue weighted by atomic mass is 16.7. The summed E-state index contributed by atoms with van der Waals surface area (Å²) in [5.41, 5.74) is 1.98. The smallest absolute Gasteiger partial charge is 0.231 e. The molecule has 1 aliphatic rings. The molecule has 2 aromatic carbocycles. The summed E-state index contributed by atoms with van der Waals surface area (Å²) in [6, 6.07) is 15.4. The van der Waals surface area contributed by atoms with Crippen molar-refractivity contribution in [1.82, 2.24) is 15.5 Å². The van der Waals surface area contributed by atoms with Crippen LogP contribution in [0, 0.1) is 0 Å². The van der Waals surface area contributed by atoms with Crippen molar-refractivity contribution in [3.8, 4) is 22.9 Å². The van der Waals surface area contributed by atoms with Crippen LogP contribution in [0.5, 0.6) is 11.5 Å². The zero-order valence-corrected chi connectivity index (χ0v) is 14.7. The van der Waals surface area contributed by atoms with Gasteiger partial charge in [-0.25, -0.2) is 0 Å². The molecular formula is C20H19N3O4. The fourth-order valence-electron chi connectivity index (χ4n) is 2.81. The highest BCUT2D eigenvalue weighted by molar-refractivity contribution is 5.76. The Morgan fingerprint density at radius 3 is 2.78 bits per heavy atom. The molecular weight excluding hydrogens is 346 g/mol. The van der Waals surface area contributed by atoms with Crippen LogP contribution in [-0.4, -0.2) is 29.4 Å². The zero-order valence-electron chi connectivity index (χ0n) is 14.7. The molecule has 4 rings (SSSR count). The number of benzene rings is 2. The van der Waals surface area contributed by atoms with Crippen LogP contribution in [0.1, 0.15) is 17.9 Å². The van der Waals surface area contributed by atoms with Crippen molar-refractivity contribution in [3.05, 3.63) is 60.0 Å². The third-order valence-corrected chi connectivity index (χ3v) is 4.24. The Morgan fingerprint density at radius 1 is 1.04 bits per heavy atom. The van der Waals surface area contributed by atoms with Gasteiger partial charge in [-0.15, -0.1) is 0 Å². The molecule has 0 saturated carbocycles. The van der Waals surface area contributed by atoms with Gasteiger partial charge in [0.1, 0.15) is 0 Å². The van der Waals surface area contributed by atoms with Gasteiger partial charge in [0.15, 0.2) is 11.5 Å². The minimum absolute atomic E-state index is 0.0461. The highest BCUT2D eigenvalue weighted by Gasteiger charge is 2.13. The fraction of sp³-hybridized carbons (Fsp3) is 0.250. The molecule has 0 bridgehead atoms. The third-order valence-electron chi connectivity index (χ3n) is 4.24. The molecule has 3 aromatic rings. The largest absolute Gasteiger partial charge is 0.454 e. The first-order valence-electron chi connectivity index (χ1n) is 8.81. The molecule has 0 aliphatic carbocycles. The maximum atomic E-state index is 12.0. The molecule has 7 nitrogen and oxygen atoms in total. The summed E-state index contributed by atoms with van der Waals surface area (Å²) in [5, 5.41) is 6.86. The van der Waals surface area contributed by atoms with E-state index in [2.05, 4.69) is 15.5 Å². The van der Waals surface area contributed by atoms with Gasteiger partial charge in [-0.2, -0.15) is 4.98 Å². The Labute approximate surface area is 156 Å². The lowest BCUT2D eigenvalue weighted by Crippen LogP contribution is -2.25. The summed E-state index contributed by atoms with van der Waals surface area (Å²) < 4.78 is 15.9. The van der Waals surface area contributed by atoms with E-state index in [0.717, 1.165) is 29.0 Å². The van der Waals surface area contributed by atoms with Crippen molar-refractivity contribution in [2.24, 2.45) is 0 Å². The first-order valence-corrected chi connectivity index (χ1v) is 8.81. The maximum Gasteiger partial charge on any atom is 0.231 e. The molecule has 0 saturated heterocycles. The predicted octanol–water partition coefficient (Wildman–Crippen LogP) is 2.76. The Kier molecular flexibility index (Phi) is 5.00. The van der Waals surface area contributed by atoms with Gasteiger partial charge in [-0.3, -0.25) is 4.79 Å². The number of aromatic nitrogens is 2. The van der Waals surface area contributed by atoms with Gasteiger partial charge in [0.25, 0.3) is 0 Å². The molecule has 0 unspecified atom stereocenters. The maximum absolute atomic E-state index is 12.0. The van der Waals surface area contributed by atoms with E-state index in [4.69, 9.17) is 14.0 Å². The average Bonchev–Trinajstić information content (AvgIpc) is 3.36. The van der Waals surface area contributed by atoms with Crippen LogP contribution in [0.15, 0.2) is 53.1 Å². The molecule has 0 atom stereocenters. The van der Waals surface area contributed by atoms with E-state index in [1.165, 1.54) is 0 Å². The molecule has 0 fully saturated rings. The SMILES string of the molecule is O=C(CCc1nc(-c2ccccc2)no1)NCCc1ccc2c(c1)OCO2. The van der Waals surface area contributed by atoms with Gasteiger partial charge in [-0.05, 0) is 24.1 Å². The Bertz CT molecular complexity index is 924. The van der Waals surface area contributed by atoms with E-state index in [1.807, 2.05) is 48.5 Å². The number of carbonyl (C=O) groups is 1. The Balaban J connectivity index is 1.22. The zero-order chi connectivity index (χ0) is 18.5. The lowest BCUT2D eigenvalue weighted by molar-refractivity contribution is -0.121. The summed E-state index contributed by atoms with van der Waals surface area (Å²) in [5.74, 6) is 2.46. The Hall–Kier alpha value is -3.35. The monoisotopic (exact) mass is 365 g/mol. The lowest BCUT2D eigenvalue weighted by Gasteiger charge is -2.05. The molecule has 7 heteroatoms. The summed E-state index contributed by atoms with van der Waals surface area (Å²) in [6.07, 6.45) is 1.44. The van der Waals surface area contributed by atoms with Crippen molar-refractivity contribution in [1.29, 1.82) is 0 Å². The number of ether oxygens (including phenoxy) is 2. The minimum Gasteiger partial charge on any atom is -0.454 e. The van der Waals surface area contributed by atoms with Gasteiger partial charge >= 0.3 is 0 Å². The van der Waals surface area contributed by atoms with E-state index < -0.39 is 0 Å². The summed E-state index contributed by atoms with van der Waals surface area (Å²) in [6.45, 7) is 0.814. The van der Waals surface area contributed by atoms with Gasteiger partial charge in [-0.1, -0.05) is 41.6 Å². The van der Waals surface area contributed by atoms with Crippen molar-refractivity contribution in [2.75, 3.05) is 13.3 Å². The minimum atomic E-state index is -0.0461. The first-order chi connectivity index (χ1) is 13.3. The van der Waals surface area contributed by atoms with E-state index >= 15 is 0 Å². The van der Waals surface area contributed by atoms with Gasteiger partial charge in [0.2, 0.25) is 24.4 Å². The molecule has 1 aliphatic heterocycles. The molecule has 27 heavy (non-hydrogen) atoms. The van der Waals surface area contributed by atoms with Crippen LogP contribution in [0.3, 0.4) is 0 Å². The normalized spacial score (nSPS) is 12.1. The highest BCUT2D eigenvalue weighted by Crippen LogP contribution is 2.32. The average molecular weight is 365 g/mol. The number of nitrogens with one attached hydrogen (secondary N) is 1. The standard InChI is InChI=1S/C20H19N3O4/c24-18(21-11-10-14-6-7-16-17(12-14)26-13-25-16)8-9-19-22-20(23-27-19)15-4-2-1-3-5-15/h1-7,12H,8-11,13H2,(H,21,24). The second kappa shape index (κ2) is 7.90. The number of hydrogen-bond donors (Lipinski definition) is 1. The van der Waals surface area contributed by atoms with Crippen LogP contribution >= 0.6 is 0 Å². The van der Waals surface area contributed by atoms with Crippen LogP contribution in [-0.2, 0) is 17.6 Å². The van der Waals surface area contributed by atoms with Crippen molar-refractivity contribution < 1.29 is 18.8 Å². The summed E-state index contributed by atoms with van der Waals surface area (Å²) in [4.78, 5) is 16.4. The second-order valence-corrected chi connectivity index (χ2v) is 6.17. The topological polar surface area (TPSA) is 86.5 Å². The van der Waals surface area contributed by atoms with Crippen LogP contribution < -0.4 is 14.8 Å². The number of nitrogens with zero attached hydrogens (tertiary/aromatic N) is 2. The van der Waals surface area contributed by atoms with Gasteiger partial charge in [0, 0.05) is 24.9 Å². The summed E-state index contributed by atoms with van der Waals surface area (Å²) >= 11 is 0. The lowest BCUT2D eigenvalue weighted by atomic mass is 10.1. The fourth-order valence-corrected chi connectivity index (χ4v) is 2.81. The number of fused-ring (bicyclic) bond motifs is 1. The van der Waals surface area contributed by atoms with E-state index in [1.54, 1.807) is 0 Å². The van der Waals surface area contributed by atoms with Crippen LogP contribution in [0.2, 0.25) is 0 Å². The summed E-state index contributed by atoms with van der Waals surface area (Å²) in [7, 11) is 0. The molecule has 0 spiro atoms. The van der Waals surface area contributed by atoms with Crippen molar-refractivity contribution in [3.63, 3.8) is 0 Å². The Morgan fingerprint density at radius 2 is 1.89 bits per heavy atom. The number of amides is 1. The predicted molar refractivity (Wildman–Crippen MR) is 97.3 cm³/mol. The molecule has 1 amide bonds. The first kappa shape index (κ1) is 17.1. The molecule has 1 N–H and O–H groups in total. The van der Waals surface area contributed by atoms with Gasteiger partial charge < -0.3 is 19.3 Å². The number of carbonyl (C=O) groups excluding carboxylic acids is 1. The van der Waals surface area contributed by atoms with Crippen molar-refractivity contribution in [2.45, 2.75) is 19.3 Å². The number of hydrogen-bond acceptors (Lipinski definition) is 6. The molecule has 0 radical (unpaired) electrons. The van der Waals surface area contributed by atoms with E-state index in [-0.39, 0.29) is 12.7 Å². The van der Waals surface area contributed by atoms with E-state index in [9.17, 15) is 4.79 Å². The number of aryl methyl sites for hydroxylation is 1. The van der Waals surface area contributed by atoms with Crippen LogP contribution in [0.25, 0.3) is 11.4 Å². The molecule has 2 heterocycles. The second-order valence-electron chi connectivity index (χ2n) is 6.17. The van der Waals surface area contributed by atoms with Gasteiger partial charge in [0.05, 0.1) is 0 Å². The van der Waals surface area contributed by atoms with E-state index in [0.29, 0.717) is 31.1 Å². The van der Waals surface area contributed by atoms with Crippen molar-refractivity contribution >= 4 is 5.91 Å². The van der Waals surface area contributed by atoms with Crippen LogP contribution in [0.4, 0.5) is 0 Å². The molecule has 138 valence electrons. The number of rotatable bonds is 7. The third kappa shape index (κ3) is 4.25. The quantitative estimate of drug-likeness (QED) is 0.693. The molecule has 1 aromatic heterocycles.